The van der Waals surface area contributed by atoms with E-state index < -0.39 is 6.09 Å². The molecule has 5 nitrogen and oxygen atoms in total. The maximum Gasteiger partial charge on any atom is 0.407 e. The fourth-order valence-corrected chi connectivity index (χ4v) is 4.54. The maximum atomic E-state index is 10.9. The van der Waals surface area contributed by atoms with Crippen LogP contribution in [0, 0.1) is 5.41 Å². The minimum atomic E-state index is -0.773. The van der Waals surface area contributed by atoms with E-state index in [2.05, 4.69) is 29.2 Å². The second-order valence-corrected chi connectivity index (χ2v) is 8.25. The Morgan fingerprint density at radius 2 is 1.92 bits per heavy atom. The van der Waals surface area contributed by atoms with Crippen LogP contribution in [0.3, 0.4) is 0 Å². The fraction of sp³-hybridized carbons (Fsp3) is 0.611. The molecule has 1 spiro atoms. The normalized spacial score (nSPS) is 21.5. The van der Waals surface area contributed by atoms with Crippen LogP contribution in [-0.4, -0.2) is 65.5 Å². The van der Waals surface area contributed by atoms with Crippen molar-refractivity contribution in [3.8, 4) is 0 Å². The van der Waals surface area contributed by atoms with Gasteiger partial charge in [-0.25, -0.2) is 4.79 Å². The number of nitrogens with zero attached hydrogens (tertiary/aromatic N) is 2. The summed E-state index contributed by atoms with van der Waals surface area (Å²) in [5.74, 6) is 0.954. The zero-order chi connectivity index (χ0) is 17.0. The van der Waals surface area contributed by atoms with E-state index in [9.17, 15) is 4.79 Å². The zero-order valence-corrected chi connectivity index (χ0v) is 14.9. The van der Waals surface area contributed by atoms with Crippen molar-refractivity contribution < 1.29 is 9.90 Å². The molecule has 3 N–H and O–H groups in total. The van der Waals surface area contributed by atoms with E-state index in [1.807, 2.05) is 17.8 Å². The van der Waals surface area contributed by atoms with Crippen LogP contribution in [0.5, 0.6) is 0 Å². The molecule has 3 rings (SSSR count). The second-order valence-electron chi connectivity index (χ2n) is 7.15. The molecule has 1 atom stereocenters. The van der Waals surface area contributed by atoms with Crippen molar-refractivity contribution in [3.63, 3.8) is 0 Å². The minimum Gasteiger partial charge on any atom is -0.465 e. The standard InChI is InChI=1S/C18H27N3O2S/c19-15(12-24-16-4-2-1-3-5-16)6-9-20-10-7-18(8-11-20)13-21(14-18)17(22)23/h1-5,15H,6-14,19H2,(H,22,23). The number of likely N-dealkylation sites (tertiary alicyclic amines) is 2. The van der Waals surface area contributed by atoms with Gasteiger partial charge in [-0.3, -0.25) is 0 Å². The third-order valence-corrected chi connectivity index (χ3v) is 6.46. The van der Waals surface area contributed by atoms with Crippen molar-refractivity contribution in [1.29, 1.82) is 0 Å². The molecule has 2 aliphatic rings. The van der Waals surface area contributed by atoms with Crippen molar-refractivity contribution >= 4 is 17.9 Å². The van der Waals surface area contributed by atoms with Crippen molar-refractivity contribution in [3.05, 3.63) is 30.3 Å². The summed E-state index contributed by atoms with van der Waals surface area (Å²) in [6.07, 6.45) is 2.48. The molecule has 6 heteroatoms. The van der Waals surface area contributed by atoms with Gasteiger partial charge in [0.15, 0.2) is 0 Å². The van der Waals surface area contributed by atoms with Crippen molar-refractivity contribution in [2.45, 2.75) is 30.2 Å². The van der Waals surface area contributed by atoms with Gasteiger partial charge in [-0.05, 0) is 51.0 Å². The first kappa shape index (κ1) is 17.6. The lowest BCUT2D eigenvalue weighted by atomic mass is 9.72. The first-order valence-corrected chi connectivity index (χ1v) is 9.69. The third kappa shape index (κ3) is 4.43. The highest BCUT2D eigenvalue weighted by Crippen LogP contribution is 2.40. The maximum absolute atomic E-state index is 10.9. The highest BCUT2D eigenvalue weighted by atomic mass is 32.2. The molecule has 132 valence electrons. The van der Waals surface area contributed by atoms with E-state index in [1.54, 1.807) is 0 Å². The molecule has 1 aromatic rings. The fourth-order valence-electron chi connectivity index (χ4n) is 3.62. The Balaban J connectivity index is 1.31. The molecule has 0 bridgehead atoms. The van der Waals surface area contributed by atoms with Crippen LogP contribution in [0.2, 0.25) is 0 Å². The molecule has 0 saturated carbocycles. The van der Waals surface area contributed by atoms with Crippen molar-refractivity contribution in [1.82, 2.24) is 9.80 Å². The summed E-state index contributed by atoms with van der Waals surface area (Å²) in [4.78, 5) is 16.2. The van der Waals surface area contributed by atoms with Crippen LogP contribution in [0.15, 0.2) is 35.2 Å². The zero-order valence-electron chi connectivity index (χ0n) is 14.1. The van der Waals surface area contributed by atoms with Crippen LogP contribution in [0.4, 0.5) is 4.79 Å². The number of benzene rings is 1. The van der Waals surface area contributed by atoms with Gasteiger partial charge in [0.2, 0.25) is 0 Å². The molecule has 2 aliphatic heterocycles. The number of carboxylic acid groups (broad SMARTS) is 1. The number of thioether (sulfide) groups is 1. The van der Waals surface area contributed by atoms with E-state index in [0.29, 0.717) is 0 Å². The summed E-state index contributed by atoms with van der Waals surface area (Å²) >= 11 is 1.83. The van der Waals surface area contributed by atoms with E-state index in [-0.39, 0.29) is 11.5 Å². The Hall–Kier alpha value is -1.24. The summed E-state index contributed by atoms with van der Waals surface area (Å²) < 4.78 is 0. The molecule has 0 aliphatic carbocycles. The monoisotopic (exact) mass is 349 g/mol. The van der Waals surface area contributed by atoms with Crippen LogP contribution in [0.1, 0.15) is 19.3 Å². The lowest BCUT2D eigenvalue weighted by Crippen LogP contribution is -2.61. The Kier molecular flexibility index (Phi) is 5.69. The molecule has 0 radical (unpaired) electrons. The molecule has 2 heterocycles. The quantitative estimate of drug-likeness (QED) is 0.773. The van der Waals surface area contributed by atoms with Gasteiger partial charge in [0.1, 0.15) is 0 Å². The van der Waals surface area contributed by atoms with Gasteiger partial charge in [-0.2, -0.15) is 0 Å². The molecular weight excluding hydrogens is 322 g/mol. The number of hydrogen-bond acceptors (Lipinski definition) is 4. The first-order chi connectivity index (χ1) is 11.6. The van der Waals surface area contributed by atoms with E-state index in [0.717, 1.165) is 57.7 Å². The van der Waals surface area contributed by atoms with Crippen LogP contribution < -0.4 is 5.73 Å². The van der Waals surface area contributed by atoms with Crippen LogP contribution in [0.25, 0.3) is 0 Å². The molecular formula is C18H27N3O2S. The number of nitrogens with two attached hydrogens (primary N) is 1. The average molecular weight is 350 g/mol. The van der Waals surface area contributed by atoms with Gasteiger partial charge in [0.05, 0.1) is 0 Å². The topological polar surface area (TPSA) is 69.8 Å². The first-order valence-electron chi connectivity index (χ1n) is 8.70. The van der Waals surface area contributed by atoms with Crippen LogP contribution >= 0.6 is 11.8 Å². The van der Waals surface area contributed by atoms with E-state index >= 15 is 0 Å². The van der Waals surface area contributed by atoms with E-state index in [4.69, 9.17) is 10.8 Å². The Morgan fingerprint density at radius 1 is 1.25 bits per heavy atom. The number of hydrogen-bond donors (Lipinski definition) is 2. The van der Waals surface area contributed by atoms with Gasteiger partial charge >= 0.3 is 6.09 Å². The van der Waals surface area contributed by atoms with Crippen molar-refractivity contribution in [2.24, 2.45) is 11.1 Å². The van der Waals surface area contributed by atoms with E-state index in [1.165, 1.54) is 9.80 Å². The molecule has 2 saturated heterocycles. The number of piperidine rings is 1. The summed E-state index contributed by atoms with van der Waals surface area (Å²) in [6, 6.07) is 10.6. The highest BCUT2D eigenvalue weighted by Gasteiger charge is 2.46. The predicted molar refractivity (Wildman–Crippen MR) is 97.5 cm³/mol. The molecule has 1 aromatic carbocycles. The SMILES string of the molecule is NC(CCN1CCC2(CC1)CN(C(=O)O)C2)CSc1ccccc1. The Labute approximate surface area is 148 Å². The minimum absolute atomic E-state index is 0.220. The van der Waals surface area contributed by atoms with Gasteiger partial charge in [-0.15, -0.1) is 11.8 Å². The highest BCUT2D eigenvalue weighted by molar-refractivity contribution is 7.99. The number of carbonyl (C=O) groups is 1. The molecule has 0 aromatic heterocycles. The number of amides is 1. The second kappa shape index (κ2) is 7.76. The summed E-state index contributed by atoms with van der Waals surface area (Å²) in [5.41, 5.74) is 6.53. The smallest absolute Gasteiger partial charge is 0.407 e. The van der Waals surface area contributed by atoms with Gasteiger partial charge in [-0.1, -0.05) is 18.2 Å². The largest absolute Gasteiger partial charge is 0.465 e. The molecule has 2 fully saturated rings. The molecule has 1 amide bonds. The summed E-state index contributed by atoms with van der Waals surface area (Å²) in [7, 11) is 0. The summed E-state index contributed by atoms with van der Waals surface area (Å²) in [5, 5.41) is 8.98. The van der Waals surface area contributed by atoms with Gasteiger partial charge in [0, 0.05) is 35.2 Å². The van der Waals surface area contributed by atoms with Gasteiger partial charge < -0.3 is 20.6 Å². The summed E-state index contributed by atoms with van der Waals surface area (Å²) in [6.45, 7) is 4.65. The third-order valence-electron chi connectivity index (χ3n) is 5.26. The lowest BCUT2D eigenvalue weighted by molar-refractivity contribution is -0.0340. The lowest BCUT2D eigenvalue weighted by Gasteiger charge is -2.53. The van der Waals surface area contributed by atoms with Crippen molar-refractivity contribution in [2.75, 3.05) is 38.5 Å². The molecule has 1 unspecified atom stereocenters. The Morgan fingerprint density at radius 3 is 2.54 bits per heavy atom. The Bertz CT molecular complexity index is 538. The average Bonchev–Trinajstić information content (AvgIpc) is 2.57. The van der Waals surface area contributed by atoms with Gasteiger partial charge in [0.25, 0.3) is 0 Å². The van der Waals surface area contributed by atoms with Crippen LogP contribution in [-0.2, 0) is 0 Å². The molecule has 24 heavy (non-hydrogen) atoms. The predicted octanol–water partition coefficient (Wildman–Crippen LogP) is 2.57. The number of rotatable bonds is 6.